The number of amides is 3. The fourth-order valence-corrected chi connectivity index (χ4v) is 3.69. The summed E-state index contributed by atoms with van der Waals surface area (Å²) >= 11 is 0. The highest BCUT2D eigenvalue weighted by molar-refractivity contribution is 6.09. The number of aromatic nitrogens is 1. The first-order chi connectivity index (χ1) is 15.0. The summed E-state index contributed by atoms with van der Waals surface area (Å²) in [6.45, 7) is 1.08. The number of hydrogen-bond acceptors (Lipinski definition) is 4. The van der Waals surface area contributed by atoms with Crippen LogP contribution >= 0.6 is 0 Å². The molecule has 0 saturated carbocycles. The van der Waals surface area contributed by atoms with E-state index in [9.17, 15) is 14.4 Å². The van der Waals surface area contributed by atoms with Gasteiger partial charge in [-0.05, 0) is 42.8 Å². The van der Waals surface area contributed by atoms with Crippen LogP contribution in [0.5, 0.6) is 5.75 Å². The Balaban J connectivity index is 1.27. The van der Waals surface area contributed by atoms with Crippen molar-refractivity contribution in [2.45, 2.75) is 25.4 Å². The van der Waals surface area contributed by atoms with Gasteiger partial charge in [0.05, 0.1) is 18.4 Å². The second kappa shape index (κ2) is 8.91. The molecule has 3 amide bonds. The monoisotopic (exact) mass is 420 g/mol. The van der Waals surface area contributed by atoms with Crippen molar-refractivity contribution in [2.24, 2.45) is 0 Å². The third-order valence-corrected chi connectivity index (χ3v) is 5.36. The van der Waals surface area contributed by atoms with Gasteiger partial charge < -0.3 is 25.3 Å². The summed E-state index contributed by atoms with van der Waals surface area (Å²) in [5, 5.41) is 9.40. The van der Waals surface area contributed by atoms with Gasteiger partial charge in [-0.3, -0.25) is 14.4 Å². The molecule has 0 saturated heterocycles. The number of hydrogen-bond donors (Lipinski definition) is 3. The molecule has 0 aliphatic carbocycles. The number of para-hydroxylation sites is 1. The minimum Gasteiger partial charge on any atom is -0.497 e. The zero-order valence-electron chi connectivity index (χ0n) is 17.2. The summed E-state index contributed by atoms with van der Waals surface area (Å²) in [6, 6.07) is 13.9. The van der Waals surface area contributed by atoms with Crippen LogP contribution in [0.2, 0.25) is 0 Å². The molecule has 2 heterocycles. The summed E-state index contributed by atoms with van der Waals surface area (Å²) in [7, 11) is 1.64. The van der Waals surface area contributed by atoms with Gasteiger partial charge in [-0.1, -0.05) is 12.1 Å². The van der Waals surface area contributed by atoms with E-state index in [-0.39, 0.29) is 30.6 Å². The second-order valence-electron chi connectivity index (χ2n) is 7.38. The molecule has 1 aliphatic rings. The normalized spacial score (nSPS) is 15.6. The largest absolute Gasteiger partial charge is 0.497 e. The lowest BCUT2D eigenvalue weighted by molar-refractivity contribution is -0.121. The number of methoxy groups -OCH3 is 1. The summed E-state index contributed by atoms with van der Waals surface area (Å²) in [4.78, 5) is 37.0. The van der Waals surface area contributed by atoms with E-state index in [1.165, 1.54) is 0 Å². The molecule has 0 unspecified atom stereocenters. The van der Waals surface area contributed by atoms with Crippen LogP contribution in [0.4, 0.5) is 5.69 Å². The Morgan fingerprint density at radius 3 is 2.84 bits per heavy atom. The van der Waals surface area contributed by atoms with Crippen molar-refractivity contribution in [1.82, 2.24) is 15.2 Å². The molecule has 4 rings (SSSR count). The Morgan fingerprint density at radius 2 is 2.00 bits per heavy atom. The average Bonchev–Trinajstić information content (AvgIpc) is 3.13. The maximum atomic E-state index is 12.4. The lowest BCUT2D eigenvalue weighted by Crippen LogP contribution is -2.42. The standard InChI is InChI=1S/C23H24N4O4/c1-31-16-6-8-20-15(14-16)10-12-27(20)13-11-24-21(28)9-7-19-23(30)25-18-5-3-2-4-17(18)22(29)26-19/h2-6,8,10,12,14,19H,7,9,11,13H2,1H3,(H,24,28)(H,25,30)(H,26,29)/t19-/m1/s1. The maximum Gasteiger partial charge on any atom is 0.254 e. The minimum absolute atomic E-state index is 0.137. The summed E-state index contributed by atoms with van der Waals surface area (Å²) in [5.74, 6) is -0.00551. The SMILES string of the molecule is COc1ccc2c(ccn2CCNC(=O)CC[C@H]2NC(=O)c3ccccc3NC2=O)c1. The first-order valence-corrected chi connectivity index (χ1v) is 10.2. The van der Waals surface area contributed by atoms with Gasteiger partial charge in [-0.15, -0.1) is 0 Å². The number of fused-ring (bicyclic) bond motifs is 2. The number of anilines is 1. The molecular weight excluding hydrogens is 396 g/mol. The van der Waals surface area contributed by atoms with E-state index in [1.54, 1.807) is 31.4 Å². The van der Waals surface area contributed by atoms with Crippen LogP contribution in [-0.4, -0.2) is 42.0 Å². The van der Waals surface area contributed by atoms with Crippen LogP contribution in [0.15, 0.2) is 54.7 Å². The van der Waals surface area contributed by atoms with E-state index in [1.807, 2.05) is 30.5 Å². The highest BCUT2D eigenvalue weighted by atomic mass is 16.5. The van der Waals surface area contributed by atoms with Gasteiger partial charge >= 0.3 is 0 Å². The smallest absolute Gasteiger partial charge is 0.254 e. The number of benzene rings is 2. The summed E-state index contributed by atoms with van der Waals surface area (Å²) in [5.41, 5.74) is 1.96. The fraction of sp³-hybridized carbons (Fsp3) is 0.261. The number of nitrogens with zero attached hydrogens (tertiary/aromatic N) is 1. The van der Waals surface area contributed by atoms with Gasteiger partial charge in [0.25, 0.3) is 5.91 Å². The molecule has 3 N–H and O–H groups in total. The number of ether oxygens (including phenoxy) is 1. The summed E-state index contributed by atoms with van der Waals surface area (Å²) < 4.78 is 7.30. The zero-order valence-corrected chi connectivity index (χ0v) is 17.2. The van der Waals surface area contributed by atoms with Gasteiger partial charge in [0, 0.05) is 36.6 Å². The summed E-state index contributed by atoms with van der Waals surface area (Å²) in [6.07, 6.45) is 2.33. The zero-order chi connectivity index (χ0) is 21.8. The van der Waals surface area contributed by atoms with Crippen molar-refractivity contribution in [3.8, 4) is 5.75 Å². The van der Waals surface area contributed by atoms with E-state index in [0.29, 0.717) is 24.3 Å². The molecule has 0 fully saturated rings. The highest BCUT2D eigenvalue weighted by Crippen LogP contribution is 2.22. The lowest BCUT2D eigenvalue weighted by Gasteiger charge is -2.14. The molecular formula is C23H24N4O4. The number of carbonyl (C=O) groups excluding carboxylic acids is 3. The first kappa shape index (κ1) is 20.5. The van der Waals surface area contributed by atoms with E-state index < -0.39 is 6.04 Å². The van der Waals surface area contributed by atoms with Gasteiger partial charge in [0.1, 0.15) is 11.8 Å². The Morgan fingerprint density at radius 1 is 1.16 bits per heavy atom. The van der Waals surface area contributed by atoms with E-state index in [2.05, 4.69) is 20.5 Å². The molecule has 8 nitrogen and oxygen atoms in total. The van der Waals surface area contributed by atoms with Gasteiger partial charge in [-0.2, -0.15) is 0 Å². The third kappa shape index (κ3) is 4.53. The predicted molar refractivity (Wildman–Crippen MR) is 117 cm³/mol. The van der Waals surface area contributed by atoms with Crippen LogP contribution in [0.3, 0.4) is 0 Å². The van der Waals surface area contributed by atoms with Gasteiger partial charge in [0.2, 0.25) is 11.8 Å². The van der Waals surface area contributed by atoms with Crippen molar-refractivity contribution in [3.63, 3.8) is 0 Å². The molecule has 2 aromatic carbocycles. The van der Waals surface area contributed by atoms with Crippen molar-refractivity contribution in [2.75, 3.05) is 19.0 Å². The van der Waals surface area contributed by atoms with Crippen LogP contribution in [0, 0.1) is 0 Å². The molecule has 0 spiro atoms. The maximum absolute atomic E-state index is 12.4. The molecule has 1 atom stereocenters. The van der Waals surface area contributed by atoms with Crippen molar-refractivity contribution in [3.05, 3.63) is 60.3 Å². The molecule has 8 heteroatoms. The Kier molecular flexibility index (Phi) is 5.88. The molecule has 31 heavy (non-hydrogen) atoms. The van der Waals surface area contributed by atoms with E-state index >= 15 is 0 Å². The molecule has 1 aliphatic heterocycles. The Hall–Kier alpha value is -3.81. The van der Waals surface area contributed by atoms with Crippen molar-refractivity contribution < 1.29 is 19.1 Å². The first-order valence-electron chi connectivity index (χ1n) is 10.2. The van der Waals surface area contributed by atoms with Crippen LogP contribution < -0.4 is 20.7 Å². The average molecular weight is 420 g/mol. The Bertz CT molecular complexity index is 1140. The van der Waals surface area contributed by atoms with Gasteiger partial charge in [0.15, 0.2) is 0 Å². The molecule has 0 radical (unpaired) electrons. The van der Waals surface area contributed by atoms with E-state index in [4.69, 9.17) is 4.74 Å². The number of carbonyl (C=O) groups is 3. The lowest BCUT2D eigenvalue weighted by atomic mass is 10.1. The van der Waals surface area contributed by atoms with Crippen molar-refractivity contribution >= 4 is 34.3 Å². The molecule has 1 aromatic heterocycles. The number of rotatable bonds is 7. The minimum atomic E-state index is -0.756. The fourth-order valence-electron chi connectivity index (χ4n) is 3.69. The van der Waals surface area contributed by atoms with Crippen LogP contribution in [0.25, 0.3) is 10.9 Å². The van der Waals surface area contributed by atoms with Crippen LogP contribution in [0.1, 0.15) is 23.2 Å². The van der Waals surface area contributed by atoms with E-state index in [0.717, 1.165) is 16.7 Å². The second-order valence-corrected chi connectivity index (χ2v) is 7.38. The number of nitrogens with one attached hydrogen (secondary N) is 3. The highest BCUT2D eigenvalue weighted by Gasteiger charge is 2.27. The molecule has 0 bridgehead atoms. The van der Waals surface area contributed by atoms with Gasteiger partial charge in [-0.25, -0.2) is 0 Å². The molecule has 160 valence electrons. The molecule has 3 aromatic rings. The third-order valence-electron chi connectivity index (χ3n) is 5.36. The predicted octanol–water partition coefficient (Wildman–Crippen LogP) is 2.30. The quantitative estimate of drug-likeness (QED) is 0.546. The topological polar surface area (TPSA) is 101 Å². The van der Waals surface area contributed by atoms with Crippen LogP contribution in [-0.2, 0) is 16.1 Å². The van der Waals surface area contributed by atoms with Crippen molar-refractivity contribution in [1.29, 1.82) is 0 Å². The Labute approximate surface area is 179 Å².